The van der Waals surface area contributed by atoms with E-state index in [4.69, 9.17) is 5.73 Å². The summed E-state index contributed by atoms with van der Waals surface area (Å²) in [5.41, 5.74) is 5.18. The molecule has 5 nitrogen and oxygen atoms in total. The number of fused-ring (bicyclic) bond motifs is 1. The molecule has 1 saturated heterocycles. The fourth-order valence-corrected chi connectivity index (χ4v) is 3.66. The largest absolute Gasteiger partial charge is 0.352 e. The number of carbonyl (C=O) groups is 2. The van der Waals surface area contributed by atoms with Crippen LogP contribution in [0.4, 0.5) is 4.79 Å². The Kier molecular flexibility index (Phi) is 4.89. The minimum Gasteiger partial charge on any atom is -0.352 e. The van der Waals surface area contributed by atoms with Gasteiger partial charge in [0.15, 0.2) is 0 Å². The molecule has 3 N–H and O–H groups in total. The highest BCUT2D eigenvalue weighted by Gasteiger charge is 2.36. The molecule has 114 valence electrons. The van der Waals surface area contributed by atoms with Gasteiger partial charge in [0.1, 0.15) is 6.04 Å². The first-order chi connectivity index (χ1) is 9.49. The van der Waals surface area contributed by atoms with Gasteiger partial charge in [-0.25, -0.2) is 4.79 Å². The molecule has 1 saturated carbocycles. The quantitative estimate of drug-likeness (QED) is 0.826. The smallest absolute Gasteiger partial charge is 0.312 e. The van der Waals surface area contributed by atoms with Crippen molar-refractivity contribution in [3.05, 3.63) is 0 Å². The van der Waals surface area contributed by atoms with E-state index in [0.29, 0.717) is 5.92 Å². The van der Waals surface area contributed by atoms with Crippen LogP contribution >= 0.6 is 0 Å². The van der Waals surface area contributed by atoms with Crippen LogP contribution in [0.3, 0.4) is 0 Å². The van der Waals surface area contributed by atoms with Crippen molar-refractivity contribution in [2.75, 3.05) is 13.1 Å². The molecule has 2 rings (SSSR count). The van der Waals surface area contributed by atoms with E-state index in [0.717, 1.165) is 25.4 Å². The van der Waals surface area contributed by atoms with Crippen LogP contribution in [0, 0.1) is 17.8 Å². The maximum Gasteiger partial charge on any atom is 0.312 e. The molecule has 0 bridgehead atoms. The van der Waals surface area contributed by atoms with Crippen LogP contribution in [-0.4, -0.2) is 36.0 Å². The monoisotopic (exact) mass is 281 g/mol. The standard InChI is InChI=1S/C15H27N3O2/c1-10(2)13(17-15(16)20)14(19)18-8-7-11-5-3-4-6-12(11)9-18/h10-13H,3-9H2,1-2H3,(H3,16,17,20)/t11-,12+,13-/m0/s1. The van der Waals surface area contributed by atoms with E-state index in [1.54, 1.807) is 0 Å². The third-order valence-electron chi connectivity index (χ3n) is 4.83. The summed E-state index contributed by atoms with van der Waals surface area (Å²) in [7, 11) is 0. The van der Waals surface area contributed by atoms with E-state index in [1.807, 2.05) is 18.7 Å². The number of hydrogen-bond acceptors (Lipinski definition) is 2. The van der Waals surface area contributed by atoms with Crippen molar-refractivity contribution in [1.82, 2.24) is 10.2 Å². The van der Waals surface area contributed by atoms with Crippen LogP contribution in [0.25, 0.3) is 0 Å². The molecular formula is C15H27N3O2. The van der Waals surface area contributed by atoms with Gasteiger partial charge in [-0.3, -0.25) is 4.79 Å². The second kappa shape index (κ2) is 6.46. The molecular weight excluding hydrogens is 254 g/mol. The number of nitrogens with one attached hydrogen (secondary N) is 1. The fraction of sp³-hybridized carbons (Fsp3) is 0.867. The van der Waals surface area contributed by atoms with Crippen LogP contribution in [0.2, 0.25) is 0 Å². The number of hydrogen-bond donors (Lipinski definition) is 2. The van der Waals surface area contributed by atoms with Crippen molar-refractivity contribution in [2.45, 2.75) is 52.0 Å². The second-order valence-electron chi connectivity index (χ2n) is 6.61. The maximum absolute atomic E-state index is 12.6. The second-order valence-corrected chi connectivity index (χ2v) is 6.61. The number of urea groups is 1. The number of primary amides is 1. The molecule has 0 aromatic heterocycles. The number of carbonyl (C=O) groups excluding carboxylic acids is 2. The Hall–Kier alpha value is -1.26. The molecule has 0 aromatic carbocycles. The van der Waals surface area contributed by atoms with Gasteiger partial charge >= 0.3 is 6.03 Å². The third kappa shape index (κ3) is 3.44. The van der Waals surface area contributed by atoms with Gasteiger partial charge in [-0.15, -0.1) is 0 Å². The van der Waals surface area contributed by atoms with Gasteiger partial charge in [0.25, 0.3) is 0 Å². The molecule has 3 atom stereocenters. The molecule has 1 aliphatic heterocycles. The van der Waals surface area contributed by atoms with Crippen molar-refractivity contribution in [2.24, 2.45) is 23.5 Å². The van der Waals surface area contributed by atoms with Crippen molar-refractivity contribution in [1.29, 1.82) is 0 Å². The van der Waals surface area contributed by atoms with Crippen molar-refractivity contribution in [3.63, 3.8) is 0 Å². The average molecular weight is 281 g/mol. The summed E-state index contributed by atoms with van der Waals surface area (Å²) < 4.78 is 0. The Labute approximate surface area is 121 Å². The highest BCUT2D eigenvalue weighted by molar-refractivity contribution is 5.86. The Balaban J connectivity index is 1.98. The van der Waals surface area contributed by atoms with Gasteiger partial charge in [-0.2, -0.15) is 0 Å². The van der Waals surface area contributed by atoms with Crippen LogP contribution in [0.15, 0.2) is 0 Å². The van der Waals surface area contributed by atoms with Gasteiger partial charge in [-0.05, 0) is 30.6 Å². The van der Waals surface area contributed by atoms with E-state index in [2.05, 4.69) is 5.32 Å². The van der Waals surface area contributed by atoms with E-state index < -0.39 is 12.1 Å². The predicted molar refractivity (Wildman–Crippen MR) is 78.0 cm³/mol. The Morgan fingerprint density at radius 2 is 1.80 bits per heavy atom. The molecule has 2 fully saturated rings. The summed E-state index contributed by atoms with van der Waals surface area (Å²) in [6, 6.07) is -1.11. The van der Waals surface area contributed by atoms with Crippen molar-refractivity contribution in [3.8, 4) is 0 Å². The van der Waals surface area contributed by atoms with E-state index in [-0.39, 0.29) is 11.8 Å². The molecule has 1 heterocycles. The molecule has 0 aromatic rings. The maximum atomic E-state index is 12.6. The van der Waals surface area contributed by atoms with E-state index in [1.165, 1.54) is 25.7 Å². The first-order valence-corrected chi connectivity index (χ1v) is 7.83. The summed E-state index contributed by atoms with van der Waals surface area (Å²) in [4.78, 5) is 25.6. The first kappa shape index (κ1) is 15.1. The first-order valence-electron chi connectivity index (χ1n) is 7.83. The summed E-state index contributed by atoms with van der Waals surface area (Å²) in [5, 5.41) is 2.60. The lowest BCUT2D eigenvalue weighted by atomic mass is 9.75. The van der Waals surface area contributed by atoms with Gasteiger partial charge in [0.05, 0.1) is 0 Å². The lowest BCUT2D eigenvalue weighted by Gasteiger charge is -2.42. The minimum atomic E-state index is -0.621. The van der Waals surface area contributed by atoms with E-state index >= 15 is 0 Å². The number of nitrogens with zero attached hydrogens (tertiary/aromatic N) is 1. The summed E-state index contributed by atoms with van der Waals surface area (Å²) >= 11 is 0. The van der Waals surface area contributed by atoms with Gasteiger partial charge in [0, 0.05) is 13.1 Å². The van der Waals surface area contributed by atoms with Crippen LogP contribution in [0.1, 0.15) is 46.0 Å². The molecule has 3 amide bonds. The fourth-order valence-electron chi connectivity index (χ4n) is 3.66. The Morgan fingerprint density at radius 1 is 1.15 bits per heavy atom. The minimum absolute atomic E-state index is 0.0304. The zero-order chi connectivity index (χ0) is 14.7. The van der Waals surface area contributed by atoms with Crippen LogP contribution in [0.5, 0.6) is 0 Å². The van der Waals surface area contributed by atoms with Crippen LogP contribution in [-0.2, 0) is 4.79 Å². The molecule has 0 radical (unpaired) electrons. The highest BCUT2D eigenvalue weighted by Crippen LogP contribution is 2.36. The number of nitrogens with two attached hydrogens (primary N) is 1. The zero-order valence-electron chi connectivity index (χ0n) is 12.6. The van der Waals surface area contributed by atoms with Crippen molar-refractivity contribution < 1.29 is 9.59 Å². The molecule has 1 aliphatic carbocycles. The normalized spacial score (nSPS) is 27.9. The highest BCUT2D eigenvalue weighted by atomic mass is 16.2. The average Bonchev–Trinajstić information content (AvgIpc) is 2.43. The number of rotatable bonds is 3. The number of likely N-dealkylation sites (tertiary alicyclic amines) is 1. The lowest BCUT2D eigenvalue weighted by Crippen LogP contribution is -2.55. The Bertz CT molecular complexity index is 370. The summed E-state index contributed by atoms with van der Waals surface area (Å²) in [5.74, 6) is 1.54. The van der Waals surface area contributed by atoms with Gasteiger partial charge < -0.3 is 16.0 Å². The number of piperidine rings is 1. The van der Waals surface area contributed by atoms with Crippen molar-refractivity contribution >= 4 is 11.9 Å². The molecule has 5 heteroatoms. The van der Waals surface area contributed by atoms with Crippen LogP contribution < -0.4 is 11.1 Å². The van der Waals surface area contributed by atoms with Gasteiger partial charge in [0.2, 0.25) is 5.91 Å². The SMILES string of the molecule is CC(C)[C@H](NC(N)=O)C(=O)N1CC[C@@H]2CCCC[C@@H]2C1. The zero-order valence-corrected chi connectivity index (χ0v) is 12.6. The van der Waals surface area contributed by atoms with E-state index in [9.17, 15) is 9.59 Å². The summed E-state index contributed by atoms with van der Waals surface area (Å²) in [6.45, 7) is 5.55. The summed E-state index contributed by atoms with van der Waals surface area (Å²) in [6.07, 6.45) is 6.30. The lowest BCUT2D eigenvalue weighted by molar-refractivity contribution is -0.137. The predicted octanol–water partition coefficient (Wildman–Crippen LogP) is 1.72. The third-order valence-corrected chi connectivity index (χ3v) is 4.83. The Morgan fingerprint density at radius 3 is 2.40 bits per heavy atom. The molecule has 20 heavy (non-hydrogen) atoms. The topological polar surface area (TPSA) is 75.4 Å². The molecule has 0 spiro atoms. The number of amides is 3. The van der Waals surface area contributed by atoms with Gasteiger partial charge in [-0.1, -0.05) is 33.1 Å². The molecule has 2 aliphatic rings. The molecule has 0 unspecified atom stereocenters.